The van der Waals surface area contributed by atoms with Gasteiger partial charge in [-0.25, -0.2) is 0 Å². The van der Waals surface area contributed by atoms with Gasteiger partial charge in [-0.15, -0.1) is 0 Å². The molecule has 1 atom stereocenters. The first-order valence-electron chi connectivity index (χ1n) is 5.70. The molecule has 0 radical (unpaired) electrons. The Morgan fingerprint density at radius 1 is 1.50 bits per heavy atom. The average Bonchev–Trinajstić information content (AvgIpc) is 2.37. The molecule has 2 amide bonds. The second-order valence-corrected chi connectivity index (χ2v) is 4.41. The normalized spacial score (nSPS) is 22.2. The molecule has 1 aliphatic heterocycles. The molecule has 0 aliphatic carbocycles. The quantitative estimate of drug-likeness (QED) is 0.773. The molecule has 0 saturated carbocycles. The molecule has 1 fully saturated rings. The topological polar surface area (TPSA) is 49.4 Å². The Labute approximate surface area is 95.2 Å². The van der Waals surface area contributed by atoms with Crippen LogP contribution in [0.2, 0.25) is 0 Å². The Kier molecular flexibility index (Phi) is 4.71. The third-order valence-electron chi connectivity index (χ3n) is 2.73. The highest BCUT2D eigenvalue weighted by Gasteiger charge is 2.31. The predicted molar refractivity (Wildman–Crippen MR) is 58.6 cm³/mol. The standard InChI is InChI=1S/C11H19FN2O2/c1-8(2)10-11(16)14(6-3-5-12)7-4-9(15)13-10/h8,10H,3-7H2,1-2H3,(H,13,15). The van der Waals surface area contributed by atoms with E-state index >= 15 is 0 Å². The fourth-order valence-electron chi connectivity index (χ4n) is 1.78. The highest BCUT2D eigenvalue weighted by atomic mass is 19.1. The minimum absolute atomic E-state index is 0.0578. The lowest BCUT2D eigenvalue weighted by Gasteiger charge is -2.25. The van der Waals surface area contributed by atoms with E-state index in [1.54, 1.807) is 4.90 Å². The molecule has 0 aromatic carbocycles. The number of carbonyl (C=O) groups excluding carboxylic acids is 2. The maximum atomic E-state index is 12.1. The molecule has 1 heterocycles. The van der Waals surface area contributed by atoms with Crippen LogP contribution in [0.15, 0.2) is 0 Å². The predicted octanol–water partition coefficient (Wildman–Crippen LogP) is 0.719. The first kappa shape index (κ1) is 12.9. The van der Waals surface area contributed by atoms with Crippen LogP contribution in [-0.4, -0.2) is 42.5 Å². The third kappa shape index (κ3) is 3.18. The van der Waals surface area contributed by atoms with Crippen molar-refractivity contribution in [3.63, 3.8) is 0 Å². The average molecular weight is 230 g/mol. The number of halogens is 1. The molecule has 0 spiro atoms. The van der Waals surface area contributed by atoms with Crippen molar-refractivity contribution in [3.05, 3.63) is 0 Å². The lowest BCUT2D eigenvalue weighted by Crippen LogP contribution is -2.47. The van der Waals surface area contributed by atoms with Gasteiger partial charge in [0, 0.05) is 19.5 Å². The van der Waals surface area contributed by atoms with E-state index in [1.807, 2.05) is 13.8 Å². The minimum Gasteiger partial charge on any atom is -0.344 e. The highest BCUT2D eigenvalue weighted by molar-refractivity contribution is 5.90. The molecule has 1 rings (SSSR count). The van der Waals surface area contributed by atoms with Crippen molar-refractivity contribution in [3.8, 4) is 0 Å². The summed E-state index contributed by atoms with van der Waals surface area (Å²) >= 11 is 0. The van der Waals surface area contributed by atoms with Crippen molar-refractivity contribution in [1.29, 1.82) is 0 Å². The first-order chi connectivity index (χ1) is 7.56. The van der Waals surface area contributed by atoms with E-state index in [9.17, 15) is 14.0 Å². The number of nitrogens with one attached hydrogen (secondary N) is 1. The maximum absolute atomic E-state index is 12.1. The van der Waals surface area contributed by atoms with E-state index in [-0.39, 0.29) is 17.7 Å². The van der Waals surface area contributed by atoms with Crippen molar-refractivity contribution in [2.24, 2.45) is 5.92 Å². The van der Waals surface area contributed by atoms with Gasteiger partial charge in [0.1, 0.15) is 6.04 Å². The van der Waals surface area contributed by atoms with Crippen molar-refractivity contribution in [1.82, 2.24) is 10.2 Å². The van der Waals surface area contributed by atoms with Crippen molar-refractivity contribution in [2.45, 2.75) is 32.7 Å². The van der Waals surface area contributed by atoms with Crippen LogP contribution in [0, 0.1) is 5.92 Å². The maximum Gasteiger partial charge on any atom is 0.245 e. The van der Waals surface area contributed by atoms with E-state index in [2.05, 4.69) is 5.32 Å². The SMILES string of the molecule is CC(C)C1NC(=O)CCN(CCCF)C1=O. The van der Waals surface area contributed by atoms with Crippen LogP contribution in [0.1, 0.15) is 26.7 Å². The van der Waals surface area contributed by atoms with E-state index < -0.39 is 12.7 Å². The Morgan fingerprint density at radius 3 is 2.75 bits per heavy atom. The van der Waals surface area contributed by atoms with Crippen LogP contribution < -0.4 is 5.32 Å². The molecule has 1 N–H and O–H groups in total. The van der Waals surface area contributed by atoms with E-state index in [4.69, 9.17) is 0 Å². The summed E-state index contributed by atoms with van der Waals surface area (Å²) in [5, 5.41) is 2.71. The first-order valence-corrected chi connectivity index (χ1v) is 5.70. The minimum atomic E-state index is -0.463. The van der Waals surface area contributed by atoms with Gasteiger partial charge in [0.05, 0.1) is 6.67 Å². The Hall–Kier alpha value is -1.13. The van der Waals surface area contributed by atoms with E-state index in [1.165, 1.54) is 0 Å². The number of nitrogens with zero attached hydrogens (tertiary/aromatic N) is 1. The van der Waals surface area contributed by atoms with Gasteiger partial charge in [-0.3, -0.25) is 14.0 Å². The fourth-order valence-corrected chi connectivity index (χ4v) is 1.78. The fraction of sp³-hybridized carbons (Fsp3) is 0.818. The summed E-state index contributed by atoms with van der Waals surface area (Å²) in [4.78, 5) is 25.0. The molecule has 0 bridgehead atoms. The zero-order valence-electron chi connectivity index (χ0n) is 9.83. The smallest absolute Gasteiger partial charge is 0.245 e. The molecule has 1 saturated heterocycles. The van der Waals surface area contributed by atoms with Gasteiger partial charge in [-0.2, -0.15) is 0 Å². The number of hydrogen-bond donors (Lipinski definition) is 1. The zero-order chi connectivity index (χ0) is 12.1. The van der Waals surface area contributed by atoms with Gasteiger partial charge >= 0.3 is 0 Å². The second kappa shape index (κ2) is 5.82. The number of rotatable bonds is 4. The summed E-state index contributed by atoms with van der Waals surface area (Å²) in [5.41, 5.74) is 0. The molecule has 1 unspecified atom stereocenters. The van der Waals surface area contributed by atoms with Crippen LogP contribution in [0.4, 0.5) is 4.39 Å². The summed E-state index contributed by atoms with van der Waals surface area (Å²) in [6.45, 7) is 4.14. The Balaban J connectivity index is 2.71. The van der Waals surface area contributed by atoms with E-state index in [0.29, 0.717) is 25.9 Å². The van der Waals surface area contributed by atoms with E-state index in [0.717, 1.165) is 0 Å². The lowest BCUT2D eigenvalue weighted by molar-refractivity contribution is -0.134. The summed E-state index contributed by atoms with van der Waals surface area (Å²) < 4.78 is 12.1. The van der Waals surface area contributed by atoms with Gasteiger partial charge in [0.15, 0.2) is 0 Å². The zero-order valence-corrected chi connectivity index (χ0v) is 9.83. The number of carbonyl (C=O) groups is 2. The summed E-state index contributed by atoms with van der Waals surface area (Å²) in [5.74, 6) is -0.133. The monoisotopic (exact) mass is 230 g/mol. The van der Waals surface area contributed by atoms with Crippen LogP contribution >= 0.6 is 0 Å². The molecule has 0 aromatic heterocycles. The molecule has 0 aromatic rings. The highest BCUT2D eigenvalue weighted by Crippen LogP contribution is 2.11. The molecule has 5 heteroatoms. The second-order valence-electron chi connectivity index (χ2n) is 4.41. The number of amides is 2. The molecule has 92 valence electrons. The van der Waals surface area contributed by atoms with Crippen molar-refractivity contribution in [2.75, 3.05) is 19.8 Å². The number of hydrogen-bond acceptors (Lipinski definition) is 2. The largest absolute Gasteiger partial charge is 0.344 e. The van der Waals surface area contributed by atoms with Gasteiger partial charge in [0.2, 0.25) is 11.8 Å². The third-order valence-corrected chi connectivity index (χ3v) is 2.73. The summed E-state index contributed by atoms with van der Waals surface area (Å²) in [6, 6.07) is -0.463. The number of alkyl halides is 1. The molecule has 16 heavy (non-hydrogen) atoms. The molecule has 4 nitrogen and oxygen atoms in total. The molecule has 1 aliphatic rings. The lowest BCUT2D eigenvalue weighted by atomic mass is 10.0. The Morgan fingerprint density at radius 2 is 2.19 bits per heavy atom. The molecular formula is C11H19FN2O2. The van der Waals surface area contributed by atoms with Gasteiger partial charge in [-0.05, 0) is 12.3 Å². The Bertz CT molecular complexity index is 269. The summed E-state index contributed by atoms with van der Waals surface area (Å²) in [7, 11) is 0. The van der Waals surface area contributed by atoms with Gasteiger partial charge in [0.25, 0.3) is 0 Å². The molecular weight excluding hydrogens is 211 g/mol. The van der Waals surface area contributed by atoms with Crippen molar-refractivity contribution >= 4 is 11.8 Å². The van der Waals surface area contributed by atoms with Crippen molar-refractivity contribution < 1.29 is 14.0 Å². The van der Waals surface area contributed by atoms with Gasteiger partial charge < -0.3 is 10.2 Å². The van der Waals surface area contributed by atoms with Crippen LogP contribution in [0.25, 0.3) is 0 Å². The van der Waals surface area contributed by atoms with Crippen LogP contribution in [0.5, 0.6) is 0 Å². The van der Waals surface area contributed by atoms with Crippen LogP contribution in [0.3, 0.4) is 0 Å². The van der Waals surface area contributed by atoms with Gasteiger partial charge in [-0.1, -0.05) is 13.8 Å². The summed E-state index contributed by atoms with van der Waals surface area (Å²) in [6.07, 6.45) is 0.645. The van der Waals surface area contributed by atoms with Crippen LogP contribution in [-0.2, 0) is 9.59 Å².